The Morgan fingerprint density at radius 3 is 2.03 bits per heavy atom. The first kappa shape index (κ1) is 26.2. The van der Waals surface area contributed by atoms with Crippen LogP contribution in [0.4, 0.5) is 5.69 Å². The minimum Gasteiger partial charge on any atom is -0.469 e. The van der Waals surface area contributed by atoms with Gasteiger partial charge in [0, 0.05) is 18.2 Å². The summed E-state index contributed by atoms with van der Waals surface area (Å²) in [4.78, 5) is 28.6. The van der Waals surface area contributed by atoms with E-state index < -0.39 is 23.9 Å². The average Bonchev–Trinajstić information content (AvgIpc) is 3.34. The molecule has 0 radical (unpaired) electrons. The van der Waals surface area contributed by atoms with Crippen molar-refractivity contribution in [3.8, 4) is 11.1 Å². The monoisotopic (exact) mass is 519 g/mol. The molecule has 5 rings (SSSR count). The van der Waals surface area contributed by atoms with Crippen molar-refractivity contribution in [1.82, 2.24) is 0 Å². The zero-order chi connectivity index (χ0) is 27.4. The quantitative estimate of drug-likeness (QED) is 0.206. The van der Waals surface area contributed by atoms with Gasteiger partial charge in [-0.15, -0.1) is 0 Å². The Labute approximate surface area is 230 Å². The van der Waals surface area contributed by atoms with E-state index in [9.17, 15) is 9.59 Å². The minimum absolute atomic E-state index is 0.0247. The lowest BCUT2D eigenvalue weighted by molar-refractivity contribution is -0.154. The van der Waals surface area contributed by atoms with E-state index in [1.807, 2.05) is 54.3 Å². The molecule has 3 unspecified atom stereocenters. The van der Waals surface area contributed by atoms with Gasteiger partial charge in [0.25, 0.3) is 0 Å². The van der Waals surface area contributed by atoms with Crippen LogP contribution in [0, 0.1) is 5.92 Å². The smallest absolute Gasteiger partial charge is 0.329 e. The summed E-state index contributed by atoms with van der Waals surface area (Å²) in [7, 11) is 2.74. The van der Waals surface area contributed by atoms with Gasteiger partial charge in [-0.05, 0) is 45.9 Å². The summed E-state index contributed by atoms with van der Waals surface area (Å²) >= 11 is 0. The molecule has 0 N–H and O–H groups in total. The number of hydrogen-bond donors (Lipinski definition) is 0. The molecule has 0 heterocycles. The van der Waals surface area contributed by atoms with Crippen LogP contribution in [0.2, 0.25) is 0 Å². The summed E-state index contributed by atoms with van der Waals surface area (Å²) in [6, 6.07) is 34.3. The first-order valence-electron chi connectivity index (χ1n) is 13.3. The molecule has 0 aliphatic heterocycles. The van der Waals surface area contributed by atoms with E-state index in [-0.39, 0.29) is 5.92 Å². The van der Waals surface area contributed by atoms with Crippen LogP contribution in [0.15, 0.2) is 103 Å². The van der Waals surface area contributed by atoms with Crippen molar-refractivity contribution in [2.75, 3.05) is 19.1 Å². The Balaban J connectivity index is 1.76. The van der Waals surface area contributed by atoms with Crippen molar-refractivity contribution in [1.29, 1.82) is 0 Å². The molecule has 39 heavy (non-hydrogen) atoms. The molecule has 5 nitrogen and oxygen atoms in total. The summed E-state index contributed by atoms with van der Waals surface area (Å²) in [5.41, 5.74) is 7.75. The summed E-state index contributed by atoms with van der Waals surface area (Å²) in [5.74, 6) is -1.63. The highest BCUT2D eigenvalue weighted by Gasteiger charge is 2.42. The van der Waals surface area contributed by atoms with Crippen LogP contribution in [0.5, 0.6) is 0 Å². The molecule has 4 aromatic carbocycles. The van der Waals surface area contributed by atoms with Gasteiger partial charge < -0.3 is 14.4 Å². The summed E-state index contributed by atoms with van der Waals surface area (Å²) in [6.07, 6.45) is 0.426. The van der Waals surface area contributed by atoms with Gasteiger partial charge in [-0.1, -0.05) is 104 Å². The Morgan fingerprint density at radius 1 is 0.744 bits per heavy atom. The summed E-state index contributed by atoms with van der Waals surface area (Å²) in [5, 5.41) is 0. The maximum absolute atomic E-state index is 13.5. The van der Waals surface area contributed by atoms with Gasteiger partial charge >= 0.3 is 11.9 Å². The van der Waals surface area contributed by atoms with Crippen LogP contribution in [0.1, 0.15) is 41.5 Å². The van der Waals surface area contributed by atoms with E-state index in [1.54, 1.807) is 0 Å². The zero-order valence-electron chi connectivity index (χ0n) is 22.5. The molecule has 0 fully saturated rings. The highest BCUT2D eigenvalue weighted by molar-refractivity contribution is 5.91. The van der Waals surface area contributed by atoms with E-state index in [4.69, 9.17) is 9.47 Å². The molecule has 4 aromatic rings. The van der Waals surface area contributed by atoms with Gasteiger partial charge in [0.2, 0.25) is 0 Å². The molecule has 3 atom stereocenters. The van der Waals surface area contributed by atoms with E-state index in [0.717, 1.165) is 22.4 Å². The average molecular weight is 520 g/mol. The standard InChI is InChI=1S/C34H33NO4/c1-4-25(33(36)38-2)32(34(37)39-3)35(22-23-14-7-5-8-15-23)29-21-13-20-28-26-18-11-12-19-27(26)30(31(28)29)24-16-9-6-10-17-24/h5-21,25,30,32H,4,22H2,1-3H3. The topological polar surface area (TPSA) is 55.8 Å². The number of nitrogens with zero attached hydrogens (tertiary/aromatic N) is 1. The number of fused-ring (bicyclic) bond motifs is 3. The third-order valence-electron chi connectivity index (χ3n) is 7.68. The fraction of sp³-hybridized carbons (Fsp3) is 0.235. The third kappa shape index (κ3) is 4.92. The van der Waals surface area contributed by atoms with Crippen LogP contribution < -0.4 is 4.90 Å². The van der Waals surface area contributed by atoms with Crippen LogP contribution in [-0.4, -0.2) is 32.2 Å². The van der Waals surface area contributed by atoms with Gasteiger partial charge in [0.1, 0.15) is 6.04 Å². The first-order valence-corrected chi connectivity index (χ1v) is 13.3. The number of carbonyl (C=O) groups excluding carboxylic acids is 2. The molecule has 0 amide bonds. The molecule has 5 heteroatoms. The second kappa shape index (κ2) is 11.6. The lowest BCUT2D eigenvalue weighted by Gasteiger charge is -2.37. The van der Waals surface area contributed by atoms with Gasteiger partial charge in [0.15, 0.2) is 0 Å². The molecule has 1 aliphatic rings. The van der Waals surface area contributed by atoms with Gasteiger partial charge in [-0.25, -0.2) is 4.79 Å². The molecular weight excluding hydrogens is 486 g/mol. The summed E-state index contributed by atoms with van der Waals surface area (Å²) in [6.45, 7) is 2.32. The largest absolute Gasteiger partial charge is 0.469 e. The van der Waals surface area contributed by atoms with Crippen molar-refractivity contribution in [2.45, 2.75) is 31.8 Å². The second-order valence-corrected chi connectivity index (χ2v) is 9.79. The van der Waals surface area contributed by atoms with Gasteiger partial charge in [0.05, 0.1) is 20.1 Å². The lowest BCUT2D eigenvalue weighted by atomic mass is 9.87. The van der Waals surface area contributed by atoms with E-state index in [0.29, 0.717) is 13.0 Å². The van der Waals surface area contributed by atoms with E-state index in [1.165, 1.54) is 30.9 Å². The van der Waals surface area contributed by atoms with Crippen LogP contribution >= 0.6 is 0 Å². The molecule has 0 saturated carbocycles. The van der Waals surface area contributed by atoms with Crippen molar-refractivity contribution in [2.24, 2.45) is 5.92 Å². The van der Waals surface area contributed by atoms with Crippen molar-refractivity contribution >= 4 is 17.6 Å². The molecule has 0 saturated heterocycles. The Bertz CT molecular complexity index is 1450. The highest BCUT2D eigenvalue weighted by atomic mass is 16.5. The SMILES string of the molecule is CCC(C(=O)OC)C(C(=O)OC)N(Cc1ccccc1)c1cccc2c1C(c1ccccc1)c1ccccc1-2. The normalized spacial score (nSPS) is 15.0. The number of benzene rings is 4. The zero-order valence-corrected chi connectivity index (χ0v) is 22.5. The second-order valence-electron chi connectivity index (χ2n) is 9.79. The predicted octanol–water partition coefficient (Wildman–Crippen LogP) is 6.59. The third-order valence-corrected chi connectivity index (χ3v) is 7.68. The Hall–Kier alpha value is -4.38. The number of ether oxygens (including phenoxy) is 2. The van der Waals surface area contributed by atoms with Gasteiger partial charge in [-0.3, -0.25) is 4.79 Å². The predicted molar refractivity (Wildman–Crippen MR) is 153 cm³/mol. The minimum atomic E-state index is -0.876. The first-order chi connectivity index (χ1) is 19.1. The Kier molecular flexibility index (Phi) is 7.78. The number of esters is 2. The number of hydrogen-bond acceptors (Lipinski definition) is 5. The molecule has 0 aromatic heterocycles. The molecular formula is C34H33NO4. The van der Waals surface area contributed by atoms with Gasteiger partial charge in [-0.2, -0.15) is 0 Å². The van der Waals surface area contributed by atoms with Crippen LogP contribution in [0.3, 0.4) is 0 Å². The number of methoxy groups -OCH3 is 2. The van der Waals surface area contributed by atoms with Crippen molar-refractivity contribution in [3.05, 3.63) is 125 Å². The lowest BCUT2D eigenvalue weighted by Crippen LogP contribution is -2.50. The Morgan fingerprint density at radius 2 is 1.36 bits per heavy atom. The fourth-order valence-electron chi connectivity index (χ4n) is 5.90. The van der Waals surface area contributed by atoms with Crippen LogP contribution in [-0.2, 0) is 25.6 Å². The molecule has 0 bridgehead atoms. The highest BCUT2D eigenvalue weighted by Crippen LogP contribution is 2.52. The summed E-state index contributed by atoms with van der Waals surface area (Å²) < 4.78 is 10.5. The number of rotatable bonds is 9. The van der Waals surface area contributed by atoms with E-state index >= 15 is 0 Å². The molecule has 198 valence electrons. The fourth-order valence-corrected chi connectivity index (χ4v) is 5.90. The molecule has 0 spiro atoms. The van der Waals surface area contributed by atoms with Crippen molar-refractivity contribution < 1.29 is 19.1 Å². The van der Waals surface area contributed by atoms with E-state index in [2.05, 4.69) is 60.7 Å². The molecule has 1 aliphatic carbocycles. The maximum atomic E-state index is 13.5. The van der Waals surface area contributed by atoms with Crippen molar-refractivity contribution in [3.63, 3.8) is 0 Å². The number of carbonyl (C=O) groups is 2. The van der Waals surface area contributed by atoms with Crippen LogP contribution in [0.25, 0.3) is 11.1 Å². The maximum Gasteiger partial charge on any atom is 0.329 e. The number of anilines is 1.